The molecular weight excluding hydrogens is 272 g/mol. The highest BCUT2D eigenvalue weighted by atomic mass is 16.6. The van der Waals surface area contributed by atoms with E-state index in [2.05, 4.69) is 11.3 Å². The molecule has 0 amide bonds. The lowest BCUT2D eigenvalue weighted by Crippen LogP contribution is -2.14. The molecule has 0 spiro atoms. The summed E-state index contributed by atoms with van der Waals surface area (Å²) in [6.45, 7) is 3.54. The van der Waals surface area contributed by atoms with Gasteiger partial charge in [-0.1, -0.05) is 49.1 Å². The molecule has 0 aromatic heterocycles. The molecule has 0 unspecified atom stereocenters. The standard InChI is InChI=1S/C16H16O5/c1-12(6-5-9-13-7-3-2-4-8-13)16(20)21-15(19)11-10-14(17)18/h2-5,7-9H,1,6,10-11H2,(H,17,18). The van der Waals surface area contributed by atoms with Gasteiger partial charge in [-0.25, -0.2) is 4.79 Å². The first-order valence-corrected chi connectivity index (χ1v) is 6.35. The van der Waals surface area contributed by atoms with Crippen molar-refractivity contribution in [3.63, 3.8) is 0 Å². The summed E-state index contributed by atoms with van der Waals surface area (Å²) in [7, 11) is 0. The van der Waals surface area contributed by atoms with Crippen molar-refractivity contribution in [2.24, 2.45) is 0 Å². The number of hydrogen-bond donors (Lipinski definition) is 1. The second-order valence-electron chi connectivity index (χ2n) is 4.28. The molecule has 0 fully saturated rings. The molecule has 0 radical (unpaired) electrons. The normalized spacial score (nSPS) is 10.3. The first kappa shape index (κ1) is 16.4. The largest absolute Gasteiger partial charge is 0.481 e. The van der Waals surface area contributed by atoms with E-state index < -0.39 is 17.9 Å². The van der Waals surface area contributed by atoms with Gasteiger partial charge in [-0.2, -0.15) is 0 Å². The Labute approximate surface area is 122 Å². The summed E-state index contributed by atoms with van der Waals surface area (Å²) < 4.78 is 4.49. The van der Waals surface area contributed by atoms with Gasteiger partial charge in [0, 0.05) is 5.57 Å². The molecule has 1 rings (SSSR count). The van der Waals surface area contributed by atoms with E-state index in [4.69, 9.17) is 5.11 Å². The van der Waals surface area contributed by atoms with E-state index in [9.17, 15) is 14.4 Å². The van der Waals surface area contributed by atoms with Gasteiger partial charge in [-0.3, -0.25) is 9.59 Å². The van der Waals surface area contributed by atoms with Crippen molar-refractivity contribution in [1.29, 1.82) is 0 Å². The third-order valence-corrected chi connectivity index (χ3v) is 2.51. The Morgan fingerprint density at radius 3 is 2.43 bits per heavy atom. The Balaban J connectivity index is 2.38. The van der Waals surface area contributed by atoms with Crippen molar-refractivity contribution in [3.05, 3.63) is 54.1 Å². The van der Waals surface area contributed by atoms with Crippen LogP contribution in [0.2, 0.25) is 0 Å². The van der Waals surface area contributed by atoms with Crippen LogP contribution in [0.5, 0.6) is 0 Å². The van der Waals surface area contributed by atoms with Crippen LogP contribution in [0.4, 0.5) is 0 Å². The lowest BCUT2D eigenvalue weighted by atomic mass is 10.1. The van der Waals surface area contributed by atoms with Crippen molar-refractivity contribution in [2.75, 3.05) is 0 Å². The van der Waals surface area contributed by atoms with Gasteiger partial charge < -0.3 is 9.84 Å². The molecule has 1 aromatic rings. The molecule has 110 valence electrons. The average Bonchev–Trinajstić information content (AvgIpc) is 2.46. The zero-order valence-electron chi connectivity index (χ0n) is 11.5. The predicted octanol–water partition coefficient (Wildman–Crippen LogP) is 2.58. The van der Waals surface area contributed by atoms with Crippen LogP contribution in [0.25, 0.3) is 6.08 Å². The fraction of sp³-hybridized carbons (Fsp3) is 0.188. The molecule has 1 aromatic carbocycles. The fourth-order valence-electron chi connectivity index (χ4n) is 1.42. The Kier molecular flexibility index (Phi) is 6.60. The van der Waals surface area contributed by atoms with E-state index in [1.165, 1.54) is 0 Å². The summed E-state index contributed by atoms with van der Waals surface area (Å²) in [4.78, 5) is 33.0. The quantitative estimate of drug-likeness (QED) is 0.474. The minimum atomic E-state index is -1.12. The number of benzene rings is 1. The topological polar surface area (TPSA) is 80.7 Å². The number of carbonyl (C=O) groups excluding carboxylic acids is 2. The molecule has 21 heavy (non-hydrogen) atoms. The van der Waals surface area contributed by atoms with Gasteiger partial charge in [0.05, 0.1) is 12.8 Å². The number of hydrogen-bond acceptors (Lipinski definition) is 4. The van der Waals surface area contributed by atoms with Crippen LogP contribution in [0.15, 0.2) is 48.6 Å². The van der Waals surface area contributed by atoms with Crippen LogP contribution >= 0.6 is 0 Å². The van der Waals surface area contributed by atoms with Gasteiger partial charge in [0.1, 0.15) is 0 Å². The van der Waals surface area contributed by atoms with Gasteiger partial charge in [-0.05, 0) is 12.0 Å². The van der Waals surface area contributed by atoms with Crippen molar-refractivity contribution < 1.29 is 24.2 Å². The highest BCUT2D eigenvalue weighted by Gasteiger charge is 2.14. The number of allylic oxidation sites excluding steroid dienone is 1. The molecule has 0 saturated heterocycles. The molecule has 0 bridgehead atoms. The van der Waals surface area contributed by atoms with Crippen LogP contribution < -0.4 is 0 Å². The summed E-state index contributed by atoms with van der Waals surface area (Å²) in [6, 6.07) is 9.50. The van der Waals surface area contributed by atoms with E-state index in [1.54, 1.807) is 6.08 Å². The Bertz CT molecular complexity index is 557. The molecule has 1 N–H and O–H groups in total. The Hall–Kier alpha value is -2.69. The molecule has 0 saturated carbocycles. The maximum absolute atomic E-state index is 11.5. The molecular formula is C16H16O5. The summed E-state index contributed by atoms with van der Waals surface area (Å²) >= 11 is 0. The highest BCUT2D eigenvalue weighted by Crippen LogP contribution is 2.07. The Morgan fingerprint density at radius 1 is 1.14 bits per heavy atom. The zero-order chi connectivity index (χ0) is 15.7. The first-order valence-electron chi connectivity index (χ1n) is 6.35. The summed E-state index contributed by atoms with van der Waals surface area (Å²) in [5.74, 6) is -2.82. The van der Waals surface area contributed by atoms with Crippen LogP contribution in [0.1, 0.15) is 24.8 Å². The molecule has 0 heterocycles. The number of ether oxygens (including phenoxy) is 1. The first-order chi connectivity index (χ1) is 9.99. The van der Waals surface area contributed by atoms with E-state index in [0.29, 0.717) is 0 Å². The van der Waals surface area contributed by atoms with E-state index in [0.717, 1.165) is 5.56 Å². The highest BCUT2D eigenvalue weighted by molar-refractivity contribution is 5.96. The third-order valence-electron chi connectivity index (χ3n) is 2.51. The number of esters is 2. The van der Waals surface area contributed by atoms with Gasteiger partial charge >= 0.3 is 17.9 Å². The number of carboxylic acids is 1. The lowest BCUT2D eigenvalue weighted by Gasteiger charge is -2.02. The monoisotopic (exact) mass is 288 g/mol. The molecule has 5 heteroatoms. The van der Waals surface area contributed by atoms with Crippen molar-refractivity contribution in [2.45, 2.75) is 19.3 Å². The number of carbonyl (C=O) groups is 3. The third kappa shape index (κ3) is 6.87. The van der Waals surface area contributed by atoms with Crippen LogP contribution in [0, 0.1) is 0 Å². The van der Waals surface area contributed by atoms with Crippen molar-refractivity contribution in [1.82, 2.24) is 0 Å². The maximum Gasteiger partial charge on any atom is 0.341 e. The molecule has 0 aliphatic heterocycles. The maximum atomic E-state index is 11.5. The summed E-state index contributed by atoms with van der Waals surface area (Å²) in [5.41, 5.74) is 1.11. The summed E-state index contributed by atoms with van der Waals surface area (Å²) in [5, 5.41) is 8.41. The molecule has 0 aliphatic carbocycles. The molecule has 5 nitrogen and oxygen atoms in total. The van der Waals surface area contributed by atoms with Gasteiger partial charge in [0.15, 0.2) is 0 Å². The fourth-order valence-corrected chi connectivity index (χ4v) is 1.42. The zero-order valence-corrected chi connectivity index (χ0v) is 11.5. The van der Waals surface area contributed by atoms with Gasteiger partial charge in [0.25, 0.3) is 0 Å². The predicted molar refractivity (Wildman–Crippen MR) is 77.2 cm³/mol. The second-order valence-corrected chi connectivity index (χ2v) is 4.28. The van der Waals surface area contributed by atoms with Crippen LogP contribution in [0.3, 0.4) is 0 Å². The summed E-state index contributed by atoms with van der Waals surface area (Å²) in [6.07, 6.45) is 3.10. The average molecular weight is 288 g/mol. The minimum absolute atomic E-state index is 0.130. The number of aliphatic carboxylic acids is 1. The van der Waals surface area contributed by atoms with Crippen LogP contribution in [-0.4, -0.2) is 23.0 Å². The lowest BCUT2D eigenvalue weighted by molar-refractivity contribution is -0.158. The van der Waals surface area contributed by atoms with Crippen LogP contribution in [-0.2, 0) is 19.1 Å². The second kappa shape index (κ2) is 8.47. The molecule has 0 atom stereocenters. The number of carboxylic acid groups (broad SMARTS) is 1. The van der Waals surface area contributed by atoms with E-state index in [-0.39, 0.29) is 24.8 Å². The van der Waals surface area contributed by atoms with Gasteiger partial charge in [-0.15, -0.1) is 0 Å². The SMILES string of the molecule is C=C(CC=Cc1ccccc1)C(=O)OC(=O)CCC(=O)O. The van der Waals surface area contributed by atoms with Crippen molar-refractivity contribution >= 4 is 24.0 Å². The number of rotatable bonds is 7. The Morgan fingerprint density at radius 2 is 1.81 bits per heavy atom. The van der Waals surface area contributed by atoms with E-state index >= 15 is 0 Å². The minimum Gasteiger partial charge on any atom is -0.481 e. The van der Waals surface area contributed by atoms with Gasteiger partial charge in [0.2, 0.25) is 0 Å². The molecule has 0 aliphatic rings. The van der Waals surface area contributed by atoms with E-state index in [1.807, 2.05) is 36.4 Å². The smallest absolute Gasteiger partial charge is 0.341 e. The van der Waals surface area contributed by atoms with Crippen molar-refractivity contribution in [3.8, 4) is 0 Å².